The van der Waals surface area contributed by atoms with E-state index in [2.05, 4.69) is 10.3 Å². The second kappa shape index (κ2) is 9.67. The minimum absolute atomic E-state index is 0.155. The molecule has 188 valence electrons. The van der Waals surface area contributed by atoms with Crippen LogP contribution < -0.4 is 5.32 Å². The van der Waals surface area contributed by atoms with E-state index in [1.807, 2.05) is 0 Å². The van der Waals surface area contributed by atoms with E-state index in [9.17, 15) is 36.6 Å². The number of hydrogen-bond acceptors (Lipinski definition) is 5. The maximum Gasteiger partial charge on any atom is 0.433 e. The smallest absolute Gasteiger partial charge is 0.391 e. The highest BCUT2D eigenvalue weighted by Gasteiger charge is 2.42. The van der Waals surface area contributed by atoms with Gasteiger partial charge in [-0.05, 0) is 24.3 Å². The van der Waals surface area contributed by atoms with Gasteiger partial charge in [0, 0.05) is 36.2 Å². The molecule has 4 rings (SSSR count). The molecule has 0 bridgehead atoms. The molecule has 0 spiro atoms. The first-order chi connectivity index (χ1) is 16.5. The fourth-order valence-electron chi connectivity index (χ4n) is 4.09. The van der Waals surface area contributed by atoms with E-state index in [4.69, 9.17) is 16.3 Å². The van der Waals surface area contributed by atoms with Crippen molar-refractivity contribution >= 4 is 23.4 Å². The predicted molar refractivity (Wildman–Crippen MR) is 111 cm³/mol. The molecule has 7 nitrogen and oxygen atoms in total. The number of carbonyl (C=O) groups is 2. The van der Waals surface area contributed by atoms with Crippen LogP contribution in [0.15, 0.2) is 30.5 Å². The van der Waals surface area contributed by atoms with Crippen LogP contribution in [0.2, 0.25) is 5.02 Å². The molecule has 2 aromatic rings. The molecule has 3 atom stereocenters. The second-order valence-corrected chi connectivity index (χ2v) is 8.77. The van der Waals surface area contributed by atoms with Gasteiger partial charge >= 0.3 is 6.18 Å². The largest absolute Gasteiger partial charge is 0.433 e. The summed E-state index contributed by atoms with van der Waals surface area (Å²) in [4.78, 5) is 30.3. The van der Waals surface area contributed by atoms with Gasteiger partial charge in [-0.15, -0.1) is 0 Å². The molecule has 2 amide bonds. The van der Waals surface area contributed by atoms with Gasteiger partial charge in [-0.25, -0.2) is 8.78 Å². The fourth-order valence-corrected chi connectivity index (χ4v) is 4.24. The molecule has 2 fully saturated rings. The van der Waals surface area contributed by atoms with Gasteiger partial charge < -0.3 is 20.1 Å². The van der Waals surface area contributed by atoms with Gasteiger partial charge in [0.05, 0.1) is 30.4 Å². The van der Waals surface area contributed by atoms with Crippen molar-refractivity contribution in [3.05, 3.63) is 63.9 Å². The van der Waals surface area contributed by atoms with E-state index in [1.165, 1.54) is 0 Å². The van der Waals surface area contributed by atoms with E-state index in [0.29, 0.717) is 6.07 Å². The number of aliphatic hydroxyl groups excluding tert-OH is 1. The molecule has 0 aliphatic carbocycles. The second-order valence-electron chi connectivity index (χ2n) is 8.36. The van der Waals surface area contributed by atoms with E-state index in [0.717, 1.165) is 29.3 Å². The van der Waals surface area contributed by atoms with Crippen molar-refractivity contribution in [3.8, 4) is 0 Å². The summed E-state index contributed by atoms with van der Waals surface area (Å²) in [7, 11) is 0. The quantitative estimate of drug-likeness (QED) is 0.468. The van der Waals surface area contributed by atoms with Crippen molar-refractivity contribution in [3.63, 3.8) is 0 Å². The zero-order valence-corrected chi connectivity index (χ0v) is 18.6. The number of aromatic nitrogens is 1. The van der Waals surface area contributed by atoms with Gasteiger partial charge in [-0.3, -0.25) is 14.6 Å². The van der Waals surface area contributed by atoms with Crippen LogP contribution in [0, 0.1) is 17.6 Å². The van der Waals surface area contributed by atoms with Crippen molar-refractivity contribution in [1.82, 2.24) is 15.2 Å². The van der Waals surface area contributed by atoms with E-state index in [-0.39, 0.29) is 37.3 Å². The third-order valence-electron chi connectivity index (χ3n) is 5.95. The molecule has 0 radical (unpaired) electrons. The Bertz CT molecular complexity index is 1140. The number of hydrogen-bond donors (Lipinski definition) is 2. The monoisotopic (exact) mass is 519 g/mol. The Labute approximate surface area is 200 Å². The number of pyridine rings is 1. The third-order valence-corrected chi connectivity index (χ3v) is 6.24. The number of benzene rings is 1. The number of nitrogens with zero attached hydrogens (tertiary/aromatic N) is 2. The van der Waals surface area contributed by atoms with Crippen molar-refractivity contribution in [2.75, 3.05) is 19.8 Å². The summed E-state index contributed by atoms with van der Waals surface area (Å²) in [5.74, 6) is -3.86. The summed E-state index contributed by atoms with van der Waals surface area (Å²) in [5.41, 5.74) is -1.82. The number of halogens is 6. The molecule has 2 saturated heterocycles. The van der Waals surface area contributed by atoms with Crippen LogP contribution in [0.5, 0.6) is 0 Å². The summed E-state index contributed by atoms with van der Waals surface area (Å²) < 4.78 is 72.8. The van der Waals surface area contributed by atoms with Crippen LogP contribution in [-0.4, -0.2) is 58.7 Å². The van der Waals surface area contributed by atoms with E-state index in [1.54, 1.807) is 0 Å². The highest BCUT2D eigenvalue weighted by Crippen LogP contribution is 2.33. The number of β-amino-alcohol motifs (C(OH)–C–C–N with tert-alkyl or cyclic N) is 1. The number of likely N-dealkylation sites (tertiary alicyclic amines) is 1. The number of ether oxygens (including phenoxy) is 1. The number of alkyl halides is 3. The topological polar surface area (TPSA) is 91.8 Å². The number of nitrogens with one attached hydrogen (secondary N) is 1. The first-order valence-corrected chi connectivity index (χ1v) is 10.9. The van der Waals surface area contributed by atoms with Gasteiger partial charge in [0.25, 0.3) is 5.91 Å². The Morgan fingerprint density at radius 2 is 1.91 bits per heavy atom. The third kappa shape index (κ3) is 5.24. The molecule has 0 unspecified atom stereocenters. The van der Waals surface area contributed by atoms with Gasteiger partial charge in [-0.1, -0.05) is 11.6 Å². The van der Waals surface area contributed by atoms with Crippen LogP contribution in [0.25, 0.3) is 0 Å². The molecule has 13 heteroatoms. The van der Waals surface area contributed by atoms with Crippen LogP contribution in [0.1, 0.15) is 34.1 Å². The summed E-state index contributed by atoms with van der Waals surface area (Å²) in [6.07, 6.45) is -5.27. The standard InChI is InChI=1S/C22H19ClF5N3O4/c23-14-6-15(24)13(5-16(14)25)19(11-8-35-9-11)30-20(33)17-4-12(32)7-31(17)21(34)10-1-2-29-18(3-10)22(26,27)28/h1-3,5-6,11-12,17,19,32H,4,7-9H2,(H,30,33)/t12-,17+,19+/m0/s1. The zero-order chi connectivity index (χ0) is 25.5. The normalized spacial score (nSPS) is 21.5. The molecule has 0 saturated carbocycles. The Kier molecular flexibility index (Phi) is 6.98. The molecule has 3 heterocycles. The van der Waals surface area contributed by atoms with Crippen LogP contribution in [0.4, 0.5) is 22.0 Å². The maximum atomic E-state index is 14.6. The van der Waals surface area contributed by atoms with Gasteiger partial charge in [0.15, 0.2) is 0 Å². The molecular weight excluding hydrogens is 501 g/mol. The SMILES string of the molecule is O=C(N[C@@H](c1cc(F)c(Cl)cc1F)C1COC1)[C@H]1C[C@H](O)CN1C(=O)c1ccnc(C(F)(F)F)c1. The summed E-state index contributed by atoms with van der Waals surface area (Å²) in [6.45, 7) is 0.00530. The lowest BCUT2D eigenvalue weighted by molar-refractivity contribution is -0.141. The lowest BCUT2D eigenvalue weighted by Crippen LogP contribution is -2.50. The molecule has 2 aliphatic heterocycles. The minimum Gasteiger partial charge on any atom is -0.391 e. The fraction of sp³-hybridized carbons (Fsp3) is 0.409. The van der Waals surface area contributed by atoms with Crippen LogP contribution in [-0.2, 0) is 15.7 Å². The zero-order valence-electron chi connectivity index (χ0n) is 17.9. The lowest BCUT2D eigenvalue weighted by Gasteiger charge is -2.36. The van der Waals surface area contributed by atoms with E-state index >= 15 is 0 Å². The van der Waals surface area contributed by atoms with Crippen molar-refractivity contribution in [1.29, 1.82) is 0 Å². The van der Waals surface area contributed by atoms with Gasteiger partial charge in [0.2, 0.25) is 5.91 Å². The molecular formula is C22H19ClF5N3O4. The van der Waals surface area contributed by atoms with Crippen molar-refractivity contribution in [2.24, 2.45) is 5.92 Å². The number of rotatable bonds is 5. The summed E-state index contributed by atoms with van der Waals surface area (Å²) in [5, 5.41) is 12.3. The Morgan fingerprint density at radius 1 is 1.20 bits per heavy atom. The van der Waals surface area contributed by atoms with Gasteiger partial charge in [-0.2, -0.15) is 13.2 Å². The van der Waals surface area contributed by atoms with E-state index < -0.39 is 64.4 Å². The molecule has 2 N–H and O–H groups in total. The average Bonchev–Trinajstić information content (AvgIpc) is 3.15. The van der Waals surface area contributed by atoms with Crippen molar-refractivity contribution in [2.45, 2.75) is 30.8 Å². The van der Waals surface area contributed by atoms with Crippen LogP contribution in [0.3, 0.4) is 0 Å². The first-order valence-electron chi connectivity index (χ1n) is 10.5. The Hall–Kier alpha value is -2.83. The Morgan fingerprint density at radius 3 is 2.54 bits per heavy atom. The van der Waals surface area contributed by atoms with Crippen LogP contribution >= 0.6 is 11.6 Å². The number of amides is 2. The molecule has 1 aromatic carbocycles. The van der Waals surface area contributed by atoms with Gasteiger partial charge in [0.1, 0.15) is 23.4 Å². The summed E-state index contributed by atoms with van der Waals surface area (Å²) in [6, 6.07) is 0.976. The molecule has 2 aliphatic rings. The lowest BCUT2D eigenvalue weighted by atomic mass is 9.90. The predicted octanol–water partition coefficient (Wildman–Crippen LogP) is 3.11. The Balaban J connectivity index is 1.59. The first kappa shape index (κ1) is 25.3. The summed E-state index contributed by atoms with van der Waals surface area (Å²) >= 11 is 5.62. The number of carbonyl (C=O) groups excluding carboxylic acids is 2. The maximum absolute atomic E-state index is 14.6. The number of aliphatic hydroxyl groups is 1. The highest BCUT2D eigenvalue weighted by atomic mass is 35.5. The highest BCUT2D eigenvalue weighted by molar-refractivity contribution is 6.30. The molecule has 35 heavy (non-hydrogen) atoms. The average molecular weight is 520 g/mol. The van der Waals surface area contributed by atoms with Crippen molar-refractivity contribution < 1.29 is 41.4 Å². The minimum atomic E-state index is -4.78. The molecule has 1 aromatic heterocycles.